The molecule has 132 valence electrons. The summed E-state index contributed by atoms with van der Waals surface area (Å²) in [4.78, 5) is 16.2. The second-order valence-electron chi connectivity index (χ2n) is 6.20. The number of pyridine rings is 1. The Morgan fingerprint density at radius 1 is 1.12 bits per heavy atom. The van der Waals surface area contributed by atoms with Crippen LogP contribution < -0.4 is 5.32 Å². The first-order valence-corrected chi connectivity index (χ1v) is 9.45. The molecule has 2 heterocycles. The summed E-state index contributed by atoms with van der Waals surface area (Å²) in [6.07, 6.45) is 6.64. The molecule has 1 aliphatic rings. The van der Waals surface area contributed by atoms with Gasteiger partial charge in [-0.1, -0.05) is 23.9 Å². The van der Waals surface area contributed by atoms with Crippen molar-refractivity contribution in [3.05, 3.63) is 59.9 Å². The number of hydrogen-bond acceptors (Lipinski definition) is 6. The van der Waals surface area contributed by atoms with Crippen LogP contribution in [0, 0.1) is 0 Å². The molecule has 2 aromatic heterocycles. The van der Waals surface area contributed by atoms with Crippen molar-refractivity contribution in [2.45, 2.75) is 30.5 Å². The first kappa shape index (κ1) is 16.7. The van der Waals surface area contributed by atoms with E-state index in [0.717, 1.165) is 24.9 Å². The second-order valence-corrected chi connectivity index (χ2v) is 7.15. The van der Waals surface area contributed by atoms with Crippen LogP contribution in [0.25, 0.3) is 0 Å². The highest BCUT2D eigenvalue weighted by molar-refractivity contribution is 7.99. The van der Waals surface area contributed by atoms with E-state index >= 15 is 0 Å². The van der Waals surface area contributed by atoms with Crippen LogP contribution in [0.4, 0.5) is 5.69 Å². The molecule has 1 amide bonds. The standard InChI is InChI=1S/C18H18N6OS/c25-17(12-26-18-21-22-23-24(18)16-5-6-16)20-15-3-1-13(2-4-15)11-14-7-9-19-10-8-14/h1-4,7-10,16H,5-6,11-12H2,(H,20,25). The Kier molecular flexibility index (Phi) is 4.92. The molecule has 7 nitrogen and oxygen atoms in total. The molecule has 1 aromatic carbocycles. The van der Waals surface area contributed by atoms with Gasteiger partial charge in [-0.3, -0.25) is 9.78 Å². The lowest BCUT2D eigenvalue weighted by Crippen LogP contribution is -2.14. The van der Waals surface area contributed by atoms with Gasteiger partial charge in [0.15, 0.2) is 0 Å². The molecule has 0 saturated heterocycles. The maximum atomic E-state index is 12.2. The molecule has 4 rings (SSSR count). The van der Waals surface area contributed by atoms with E-state index in [1.54, 1.807) is 12.4 Å². The number of tetrazole rings is 1. The van der Waals surface area contributed by atoms with Gasteiger partial charge in [0.2, 0.25) is 11.1 Å². The molecular formula is C18H18N6OS. The van der Waals surface area contributed by atoms with E-state index < -0.39 is 0 Å². The van der Waals surface area contributed by atoms with Gasteiger partial charge in [-0.15, -0.1) is 5.10 Å². The fraction of sp³-hybridized carbons (Fsp3) is 0.278. The first-order valence-electron chi connectivity index (χ1n) is 8.46. The highest BCUT2D eigenvalue weighted by Gasteiger charge is 2.28. The topological polar surface area (TPSA) is 85.6 Å². The van der Waals surface area contributed by atoms with Crippen molar-refractivity contribution in [1.29, 1.82) is 0 Å². The predicted octanol–water partition coefficient (Wildman–Crippen LogP) is 2.72. The lowest BCUT2D eigenvalue weighted by molar-refractivity contribution is -0.113. The number of nitrogens with zero attached hydrogens (tertiary/aromatic N) is 5. The van der Waals surface area contributed by atoms with Crippen LogP contribution in [-0.2, 0) is 11.2 Å². The molecule has 0 bridgehead atoms. The van der Waals surface area contributed by atoms with Crippen molar-refractivity contribution >= 4 is 23.4 Å². The van der Waals surface area contributed by atoms with Crippen LogP contribution in [-0.4, -0.2) is 36.9 Å². The zero-order chi connectivity index (χ0) is 17.8. The number of anilines is 1. The van der Waals surface area contributed by atoms with Crippen molar-refractivity contribution in [3.63, 3.8) is 0 Å². The zero-order valence-corrected chi connectivity index (χ0v) is 14.9. The minimum atomic E-state index is -0.0674. The highest BCUT2D eigenvalue weighted by atomic mass is 32.2. The number of hydrogen-bond donors (Lipinski definition) is 1. The summed E-state index contributed by atoms with van der Waals surface area (Å²) in [5, 5.41) is 15.3. The molecule has 0 aliphatic heterocycles. The minimum Gasteiger partial charge on any atom is -0.325 e. The normalized spacial score (nSPS) is 13.5. The van der Waals surface area contributed by atoms with Gasteiger partial charge in [-0.05, 0) is 65.1 Å². The van der Waals surface area contributed by atoms with Gasteiger partial charge in [-0.25, -0.2) is 4.68 Å². The van der Waals surface area contributed by atoms with E-state index in [0.29, 0.717) is 11.2 Å². The van der Waals surface area contributed by atoms with Gasteiger partial charge < -0.3 is 5.32 Å². The maximum absolute atomic E-state index is 12.2. The Hall–Kier alpha value is -2.74. The second kappa shape index (κ2) is 7.65. The number of carbonyl (C=O) groups is 1. The van der Waals surface area contributed by atoms with Crippen molar-refractivity contribution in [1.82, 2.24) is 25.2 Å². The SMILES string of the molecule is O=C(CSc1nnnn1C1CC1)Nc1ccc(Cc2ccncc2)cc1. The Bertz CT molecular complexity index is 876. The molecule has 3 aromatic rings. The summed E-state index contributed by atoms with van der Waals surface area (Å²) < 4.78 is 1.81. The van der Waals surface area contributed by atoms with Gasteiger partial charge >= 0.3 is 0 Å². The summed E-state index contributed by atoms with van der Waals surface area (Å²) in [7, 11) is 0. The lowest BCUT2D eigenvalue weighted by Gasteiger charge is -2.07. The first-order chi connectivity index (χ1) is 12.8. The van der Waals surface area contributed by atoms with Crippen molar-refractivity contribution in [2.24, 2.45) is 0 Å². The number of benzene rings is 1. The van der Waals surface area contributed by atoms with Crippen LogP contribution in [0.3, 0.4) is 0 Å². The number of carbonyl (C=O) groups excluding carboxylic acids is 1. The Morgan fingerprint density at radius 2 is 1.85 bits per heavy atom. The maximum Gasteiger partial charge on any atom is 0.234 e. The Labute approximate surface area is 155 Å². The van der Waals surface area contributed by atoms with E-state index in [4.69, 9.17) is 0 Å². The van der Waals surface area contributed by atoms with E-state index in [2.05, 4.69) is 25.8 Å². The summed E-state index contributed by atoms with van der Waals surface area (Å²) in [5.41, 5.74) is 3.18. The minimum absolute atomic E-state index is 0.0674. The van der Waals surface area contributed by atoms with Crippen molar-refractivity contribution in [2.75, 3.05) is 11.1 Å². The molecule has 0 spiro atoms. The zero-order valence-electron chi connectivity index (χ0n) is 14.1. The summed E-state index contributed by atoms with van der Waals surface area (Å²) in [6, 6.07) is 12.3. The molecule has 1 fully saturated rings. The van der Waals surface area contributed by atoms with Gasteiger partial charge in [0.05, 0.1) is 11.8 Å². The highest BCUT2D eigenvalue weighted by Crippen LogP contribution is 2.36. The van der Waals surface area contributed by atoms with Gasteiger partial charge in [-0.2, -0.15) is 0 Å². The van der Waals surface area contributed by atoms with Crippen LogP contribution in [0.5, 0.6) is 0 Å². The molecule has 8 heteroatoms. The van der Waals surface area contributed by atoms with Gasteiger partial charge in [0.25, 0.3) is 0 Å². The van der Waals surface area contributed by atoms with Gasteiger partial charge in [0.1, 0.15) is 0 Å². The van der Waals surface area contributed by atoms with E-state index in [9.17, 15) is 4.79 Å². The lowest BCUT2D eigenvalue weighted by atomic mass is 10.1. The summed E-state index contributed by atoms with van der Waals surface area (Å²) in [6.45, 7) is 0. The average Bonchev–Trinajstić information content (AvgIpc) is 3.40. The molecule has 1 aliphatic carbocycles. The third kappa shape index (κ3) is 4.26. The van der Waals surface area contributed by atoms with E-state index in [1.165, 1.54) is 22.9 Å². The quantitative estimate of drug-likeness (QED) is 0.647. The third-order valence-corrected chi connectivity index (χ3v) is 5.02. The monoisotopic (exact) mass is 366 g/mol. The molecular weight excluding hydrogens is 348 g/mol. The van der Waals surface area contributed by atoms with Crippen LogP contribution in [0.1, 0.15) is 30.0 Å². The Balaban J connectivity index is 1.29. The molecule has 0 unspecified atom stereocenters. The number of amides is 1. The number of rotatable bonds is 7. The average molecular weight is 366 g/mol. The third-order valence-electron chi connectivity index (χ3n) is 4.08. The van der Waals surface area contributed by atoms with E-state index in [-0.39, 0.29) is 11.7 Å². The van der Waals surface area contributed by atoms with Crippen molar-refractivity contribution < 1.29 is 4.79 Å². The molecule has 26 heavy (non-hydrogen) atoms. The fourth-order valence-electron chi connectivity index (χ4n) is 2.60. The molecule has 0 radical (unpaired) electrons. The smallest absolute Gasteiger partial charge is 0.234 e. The summed E-state index contributed by atoms with van der Waals surface area (Å²) >= 11 is 1.36. The van der Waals surface area contributed by atoms with Crippen molar-refractivity contribution in [3.8, 4) is 0 Å². The number of aromatic nitrogens is 5. The largest absolute Gasteiger partial charge is 0.325 e. The molecule has 0 atom stereocenters. The molecule has 1 N–H and O–H groups in total. The number of nitrogens with one attached hydrogen (secondary N) is 1. The predicted molar refractivity (Wildman–Crippen MR) is 98.9 cm³/mol. The van der Waals surface area contributed by atoms with E-state index in [1.807, 2.05) is 41.1 Å². The van der Waals surface area contributed by atoms with Gasteiger partial charge in [0, 0.05) is 18.1 Å². The molecule has 1 saturated carbocycles. The van der Waals surface area contributed by atoms with Crippen LogP contribution in [0.15, 0.2) is 53.9 Å². The Morgan fingerprint density at radius 3 is 2.58 bits per heavy atom. The summed E-state index contributed by atoms with van der Waals surface area (Å²) in [5.74, 6) is 0.216. The number of thioether (sulfide) groups is 1. The fourth-order valence-corrected chi connectivity index (χ4v) is 3.34. The van der Waals surface area contributed by atoms with Crippen LogP contribution >= 0.6 is 11.8 Å². The van der Waals surface area contributed by atoms with Crippen LogP contribution in [0.2, 0.25) is 0 Å².